The Labute approximate surface area is 261 Å². The monoisotopic (exact) mass is 584 g/mol. The molecule has 2 aromatic heterocycles. The quantitative estimate of drug-likeness (QED) is 0.191. The van der Waals surface area contributed by atoms with Gasteiger partial charge in [0.2, 0.25) is 0 Å². The SMILES string of the molecule is Cc1cc(C)c(-c2cc(Oc3cc(-c4ccc(N(C)C)cn4)ncc3N(C)C)cc(N3CN(C)c4ccccc43)c2)c(C)c1. The van der Waals surface area contributed by atoms with E-state index in [2.05, 4.69) is 103 Å². The number of nitrogens with zero attached hydrogens (tertiary/aromatic N) is 6. The number of rotatable bonds is 7. The van der Waals surface area contributed by atoms with E-state index >= 15 is 0 Å². The summed E-state index contributed by atoms with van der Waals surface area (Å²) in [7, 11) is 10.2. The largest absolute Gasteiger partial charge is 0.455 e. The molecule has 3 aromatic carbocycles. The number of hydrogen-bond donors (Lipinski definition) is 0. The molecule has 0 atom stereocenters. The summed E-state index contributed by atoms with van der Waals surface area (Å²) in [6.07, 6.45) is 3.72. The summed E-state index contributed by atoms with van der Waals surface area (Å²) >= 11 is 0. The van der Waals surface area contributed by atoms with E-state index in [4.69, 9.17) is 9.72 Å². The standard InChI is InChI=1S/C37H40N6O/c1-24-15-25(2)37(26(3)16-24)27-17-29(43-23-42(8)33-11-9-10-12-34(33)43)19-30(18-27)44-36-20-32(39-22-35(36)41(6)7)31-14-13-28(21-38-31)40(4)5/h9-22H,23H2,1-8H3. The van der Waals surface area contributed by atoms with Crippen molar-refractivity contribution < 1.29 is 4.74 Å². The highest BCUT2D eigenvalue weighted by atomic mass is 16.5. The molecule has 7 heteroatoms. The highest BCUT2D eigenvalue weighted by molar-refractivity contribution is 5.85. The van der Waals surface area contributed by atoms with E-state index in [1.54, 1.807) is 0 Å². The number of pyridine rings is 2. The van der Waals surface area contributed by atoms with Gasteiger partial charge >= 0.3 is 0 Å². The lowest BCUT2D eigenvalue weighted by Crippen LogP contribution is -2.24. The summed E-state index contributed by atoms with van der Waals surface area (Å²) in [4.78, 5) is 18.1. The highest BCUT2D eigenvalue weighted by Crippen LogP contribution is 2.44. The maximum absolute atomic E-state index is 6.82. The summed E-state index contributed by atoms with van der Waals surface area (Å²) in [5.41, 5.74) is 13.1. The molecule has 6 rings (SSSR count). The summed E-state index contributed by atoms with van der Waals surface area (Å²) in [5, 5.41) is 0. The van der Waals surface area contributed by atoms with Crippen molar-refractivity contribution in [1.29, 1.82) is 0 Å². The van der Waals surface area contributed by atoms with Crippen LogP contribution in [0.25, 0.3) is 22.5 Å². The van der Waals surface area contributed by atoms with E-state index in [-0.39, 0.29) is 0 Å². The molecule has 224 valence electrons. The molecule has 0 amide bonds. The number of aryl methyl sites for hydroxylation is 3. The molecule has 0 saturated carbocycles. The van der Waals surface area contributed by atoms with Crippen molar-refractivity contribution in [2.45, 2.75) is 20.8 Å². The third-order valence-electron chi connectivity index (χ3n) is 8.19. The van der Waals surface area contributed by atoms with Crippen molar-refractivity contribution in [2.75, 3.05) is 61.5 Å². The molecular formula is C37H40N6O. The zero-order valence-corrected chi connectivity index (χ0v) is 26.9. The summed E-state index contributed by atoms with van der Waals surface area (Å²) in [6, 6.07) is 25.7. The minimum atomic E-state index is 0.720. The molecule has 0 spiro atoms. The van der Waals surface area contributed by atoms with Gasteiger partial charge in [-0.3, -0.25) is 9.97 Å². The molecule has 0 aliphatic carbocycles. The van der Waals surface area contributed by atoms with Gasteiger partial charge in [-0.05, 0) is 79.4 Å². The second kappa shape index (κ2) is 11.6. The first-order valence-corrected chi connectivity index (χ1v) is 14.9. The molecule has 0 unspecified atom stereocenters. The van der Waals surface area contributed by atoms with Crippen molar-refractivity contribution in [3.05, 3.63) is 102 Å². The molecule has 5 aromatic rings. The average molecular weight is 585 g/mol. The normalized spacial score (nSPS) is 12.4. The second-order valence-electron chi connectivity index (χ2n) is 12.1. The predicted octanol–water partition coefficient (Wildman–Crippen LogP) is 8.21. The summed E-state index contributed by atoms with van der Waals surface area (Å²) < 4.78 is 6.82. The lowest BCUT2D eigenvalue weighted by molar-refractivity contribution is 0.483. The molecule has 1 aliphatic rings. The molecular weight excluding hydrogens is 544 g/mol. The van der Waals surface area contributed by atoms with Crippen LogP contribution in [-0.4, -0.2) is 51.9 Å². The summed E-state index contributed by atoms with van der Waals surface area (Å²) in [6.45, 7) is 7.29. The van der Waals surface area contributed by atoms with Crippen LogP contribution in [0, 0.1) is 20.8 Å². The van der Waals surface area contributed by atoms with Gasteiger partial charge in [0.15, 0.2) is 5.75 Å². The van der Waals surface area contributed by atoms with Crippen molar-refractivity contribution in [3.63, 3.8) is 0 Å². The molecule has 0 saturated heterocycles. The van der Waals surface area contributed by atoms with E-state index in [1.165, 1.54) is 33.6 Å². The van der Waals surface area contributed by atoms with E-state index < -0.39 is 0 Å². The van der Waals surface area contributed by atoms with Crippen molar-refractivity contribution in [3.8, 4) is 34.0 Å². The van der Waals surface area contributed by atoms with Gasteiger partial charge in [0.05, 0.1) is 53.2 Å². The first-order valence-electron chi connectivity index (χ1n) is 14.9. The van der Waals surface area contributed by atoms with Gasteiger partial charge in [-0.15, -0.1) is 0 Å². The van der Waals surface area contributed by atoms with Gasteiger partial charge < -0.3 is 24.3 Å². The topological polar surface area (TPSA) is 48.0 Å². The Kier molecular flexibility index (Phi) is 7.64. The first kappa shape index (κ1) is 29.1. The van der Waals surface area contributed by atoms with Gasteiger partial charge in [0.25, 0.3) is 0 Å². The van der Waals surface area contributed by atoms with Crippen LogP contribution in [-0.2, 0) is 0 Å². The van der Waals surface area contributed by atoms with Gasteiger partial charge in [-0.1, -0.05) is 29.8 Å². The molecule has 0 N–H and O–H groups in total. The van der Waals surface area contributed by atoms with Crippen LogP contribution in [0.5, 0.6) is 11.5 Å². The van der Waals surface area contributed by atoms with Crippen molar-refractivity contribution in [2.24, 2.45) is 0 Å². The number of ether oxygens (including phenoxy) is 1. The smallest absolute Gasteiger partial charge is 0.154 e. The number of hydrogen-bond acceptors (Lipinski definition) is 7. The molecule has 0 fully saturated rings. The van der Waals surface area contributed by atoms with Crippen LogP contribution < -0.4 is 24.3 Å². The van der Waals surface area contributed by atoms with Gasteiger partial charge in [-0.2, -0.15) is 0 Å². The Morgan fingerprint density at radius 3 is 2.09 bits per heavy atom. The third-order valence-corrected chi connectivity index (χ3v) is 8.19. The van der Waals surface area contributed by atoms with E-state index in [1.807, 2.05) is 62.5 Å². The van der Waals surface area contributed by atoms with Crippen LogP contribution in [0.4, 0.5) is 28.4 Å². The van der Waals surface area contributed by atoms with E-state index in [9.17, 15) is 0 Å². The lowest BCUT2D eigenvalue weighted by Gasteiger charge is -2.23. The molecule has 0 radical (unpaired) electrons. The first-order chi connectivity index (χ1) is 21.1. The van der Waals surface area contributed by atoms with Crippen LogP contribution in [0.1, 0.15) is 16.7 Å². The number of anilines is 5. The zero-order chi connectivity index (χ0) is 31.1. The third kappa shape index (κ3) is 5.53. The van der Waals surface area contributed by atoms with Gasteiger partial charge in [0.1, 0.15) is 5.75 Å². The minimum Gasteiger partial charge on any atom is -0.455 e. The van der Waals surface area contributed by atoms with E-state index in [0.29, 0.717) is 0 Å². The number of fused-ring (bicyclic) bond motifs is 1. The fourth-order valence-corrected chi connectivity index (χ4v) is 6.09. The Bertz CT molecular complexity index is 1810. The predicted molar refractivity (Wildman–Crippen MR) is 184 cm³/mol. The maximum atomic E-state index is 6.82. The fraction of sp³-hybridized carbons (Fsp3) is 0.243. The number of aromatic nitrogens is 2. The Morgan fingerprint density at radius 2 is 1.43 bits per heavy atom. The summed E-state index contributed by atoms with van der Waals surface area (Å²) in [5.74, 6) is 1.48. The van der Waals surface area contributed by atoms with Gasteiger partial charge in [0, 0.05) is 53.1 Å². The minimum absolute atomic E-state index is 0.720. The van der Waals surface area contributed by atoms with E-state index in [0.717, 1.165) is 52.2 Å². The number of para-hydroxylation sites is 2. The lowest BCUT2D eigenvalue weighted by atomic mass is 9.93. The number of benzene rings is 3. The van der Waals surface area contributed by atoms with Crippen LogP contribution in [0.15, 0.2) is 85.2 Å². The van der Waals surface area contributed by atoms with Crippen LogP contribution in [0.2, 0.25) is 0 Å². The van der Waals surface area contributed by atoms with Crippen molar-refractivity contribution >= 4 is 28.4 Å². The molecule has 0 bridgehead atoms. The molecule has 1 aliphatic heterocycles. The highest BCUT2D eigenvalue weighted by Gasteiger charge is 2.25. The Hall–Kier alpha value is -5.04. The zero-order valence-electron chi connectivity index (χ0n) is 26.9. The maximum Gasteiger partial charge on any atom is 0.154 e. The second-order valence-corrected chi connectivity index (χ2v) is 12.1. The Balaban J connectivity index is 1.48. The molecule has 7 nitrogen and oxygen atoms in total. The molecule has 44 heavy (non-hydrogen) atoms. The average Bonchev–Trinajstić information content (AvgIpc) is 3.33. The van der Waals surface area contributed by atoms with Crippen molar-refractivity contribution in [1.82, 2.24) is 9.97 Å². The molecule has 3 heterocycles. The Morgan fingerprint density at radius 1 is 0.727 bits per heavy atom. The van der Waals surface area contributed by atoms with Crippen LogP contribution >= 0.6 is 0 Å². The fourth-order valence-electron chi connectivity index (χ4n) is 6.09. The van der Waals surface area contributed by atoms with Gasteiger partial charge in [-0.25, -0.2) is 0 Å². The van der Waals surface area contributed by atoms with Crippen LogP contribution in [0.3, 0.4) is 0 Å².